The Hall–Kier alpha value is -1.07. The van der Waals surface area contributed by atoms with Crippen molar-refractivity contribution in [2.24, 2.45) is 0 Å². The Balaban J connectivity index is 2.10. The quantitative estimate of drug-likeness (QED) is 0.924. The molecular formula is C14H18BrNO3. The summed E-state index contributed by atoms with van der Waals surface area (Å²) >= 11 is 3.35. The van der Waals surface area contributed by atoms with Crippen LogP contribution in [0, 0.1) is 0 Å². The lowest BCUT2D eigenvalue weighted by molar-refractivity contribution is -0.0860. The summed E-state index contributed by atoms with van der Waals surface area (Å²) < 4.78 is 6.09. The zero-order chi connectivity index (χ0) is 14.0. The first-order valence-electron chi connectivity index (χ1n) is 6.34. The molecule has 1 aromatic carbocycles. The molecule has 19 heavy (non-hydrogen) atoms. The number of benzene rings is 1. The molecule has 0 aromatic heterocycles. The van der Waals surface area contributed by atoms with E-state index in [1.54, 1.807) is 24.1 Å². The molecule has 1 fully saturated rings. The Kier molecular flexibility index (Phi) is 4.16. The molecule has 1 saturated heterocycles. The average Bonchev–Trinajstić information content (AvgIpc) is 2.35. The molecule has 0 saturated carbocycles. The van der Waals surface area contributed by atoms with Gasteiger partial charge >= 0.3 is 0 Å². The van der Waals surface area contributed by atoms with Gasteiger partial charge < -0.3 is 14.7 Å². The molecule has 104 valence electrons. The van der Waals surface area contributed by atoms with E-state index in [4.69, 9.17) is 4.74 Å². The second-order valence-corrected chi connectivity index (χ2v) is 5.90. The van der Waals surface area contributed by atoms with Crippen LogP contribution in [0.25, 0.3) is 0 Å². The van der Waals surface area contributed by atoms with Gasteiger partial charge in [0.1, 0.15) is 5.75 Å². The van der Waals surface area contributed by atoms with E-state index in [2.05, 4.69) is 15.9 Å². The van der Waals surface area contributed by atoms with E-state index in [0.29, 0.717) is 24.4 Å². The maximum atomic E-state index is 12.3. The highest BCUT2D eigenvalue weighted by atomic mass is 79.9. The van der Waals surface area contributed by atoms with E-state index in [0.717, 1.165) is 17.3 Å². The normalized spacial score (nSPS) is 16.9. The first kappa shape index (κ1) is 14.3. The van der Waals surface area contributed by atoms with Crippen LogP contribution < -0.4 is 4.74 Å². The van der Waals surface area contributed by atoms with Crippen molar-refractivity contribution in [2.45, 2.75) is 25.4 Å². The third kappa shape index (κ3) is 2.92. The molecule has 1 aliphatic rings. The number of carbonyl (C=O) groups excluding carboxylic acids is 1. The maximum absolute atomic E-state index is 12.3. The van der Waals surface area contributed by atoms with Crippen molar-refractivity contribution in [1.29, 1.82) is 0 Å². The first-order valence-corrected chi connectivity index (χ1v) is 7.13. The van der Waals surface area contributed by atoms with Crippen LogP contribution in [0.15, 0.2) is 22.7 Å². The Bertz CT molecular complexity index is 484. The fourth-order valence-electron chi connectivity index (χ4n) is 2.44. The highest BCUT2D eigenvalue weighted by Crippen LogP contribution is 2.30. The topological polar surface area (TPSA) is 49.8 Å². The lowest BCUT2D eigenvalue weighted by atomic mass is 9.88. The summed E-state index contributed by atoms with van der Waals surface area (Å²) in [7, 11) is 1.54. The van der Waals surface area contributed by atoms with E-state index < -0.39 is 5.60 Å². The monoisotopic (exact) mass is 327 g/mol. The zero-order valence-corrected chi connectivity index (χ0v) is 12.7. The molecule has 0 atom stereocenters. The van der Waals surface area contributed by atoms with Crippen molar-refractivity contribution in [3.05, 3.63) is 28.2 Å². The van der Waals surface area contributed by atoms with Crippen molar-refractivity contribution in [2.75, 3.05) is 20.2 Å². The zero-order valence-electron chi connectivity index (χ0n) is 11.1. The summed E-state index contributed by atoms with van der Waals surface area (Å²) in [6, 6.07) is 5.32. The molecule has 0 aliphatic carbocycles. The molecule has 1 N–H and O–H groups in total. The molecule has 1 amide bonds. The Labute approximate surface area is 121 Å². The van der Waals surface area contributed by atoms with Gasteiger partial charge in [-0.25, -0.2) is 0 Å². The molecule has 1 aliphatic heterocycles. The molecule has 4 nitrogen and oxygen atoms in total. The fourth-order valence-corrected chi connectivity index (χ4v) is 2.78. The molecule has 0 radical (unpaired) electrons. The van der Waals surface area contributed by atoms with Crippen LogP contribution in [0.4, 0.5) is 0 Å². The third-order valence-corrected chi connectivity index (χ3v) is 3.86. The highest BCUT2D eigenvalue weighted by molar-refractivity contribution is 9.10. The number of methoxy groups -OCH3 is 1. The van der Waals surface area contributed by atoms with Crippen molar-refractivity contribution in [1.82, 2.24) is 4.90 Å². The first-order chi connectivity index (χ1) is 8.99. The molecule has 0 unspecified atom stereocenters. The van der Waals surface area contributed by atoms with Gasteiger partial charge in [-0.1, -0.05) is 29.3 Å². The van der Waals surface area contributed by atoms with E-state index in [-0.39, 0.29) is 5.91 Å². The fraction of sp³-hybridized carbons (Fsp3) is 0.500. The van der Waals surface area contributed by atoms with Crippen molar-refractivity contribution in [3.63, 3.8) is 0 Å². The highest BCUT2D eigenvalue weighted by Gasteiger charge is 2.43. The van der Waals surface area contributed by atoms with Gasteiger partial charge in [0, 0.05) is 4.47 Å². The third-order valence-electron chi connectivity index (χ3n) is 3.37. The molecule has 5 heteroatoms. The summed E-state index contributed by atoms with van der Waals surface area (Å²) in [6.07, 6.45) is 1.65. The van der Waals surface area contributed by atoms with E-state index in [9.17, 15) is 9.90 Å². The van der Waals surface area contributed by atoms with Gasteiger partial charge in [0.15, 0.2) is 0 Å². The molecule has 1 aromatic rings. The van der Waals surface area contributed by atoms with Crippen LogP contribution in [0.2, 0.25) is 0 Å². The van der Waals surface area contributed by atoms with Crippen LogP contribution in [0.1, 0.15) is 30.1 Å². The molecule has 0 spiro atoms. The molecule has 0 bridgehead atoms. The number of likely N-dealkylation sites (tertiary alicyclic amines) is 1. The molecule has 1 heterocycles. The SMILES string of the molecule is CCCC1(O)CN(C(=O)c2ccc(Br)cc2OC)C1. The number of rotatable bonds is 4. The van der Waals surface area contributed by atoms with Gasteiger partial charge in [-0.05, 0) is 24.6 Å². The van der Waals surface area contributed by atoms with Crippen LogP contribution >= 0.6 is 15.9 Å². The number of carbonyl (C=O) groups is 1. The summed E-state index contributed by atoms with van der Waals surface area (Å²) in [4.78, 5) is 14.0. The second-order valence-electron chi connectivity index (χ2n) is 4.98. The van der Waals surface area contributed by atoms with Crippen molar-refractivity contribution >= 4 is 21.8 Å². The van der Waals surface area contributed by atoms with Crippen molar-refractivity contribution in [3.8, 4) is 5.75 Å². The standard InChI is InChI=1S/C14H18BrNO3/c1-3-6-14(18)8-16(9-14)13(17)11-5-4-10(15)7-12(11)19-2/h4-5,7,18H,3,6,8-9H2,1-2H3. The van der Waals surface area contributed by atoms with Gasteiger partial charge in [-0.2, -0.15) is 0 Å². The number of nitrogens with zero attached hydrogens (tertiary/aromatic N) is 1. The van der Waals surface area contributed by atoms with Crippen LogP contribution in [0.5, 0.6) is 5.75 Å². The predicted octanol–water partition coefficient (Wildman–Crippen LogP) is 2.44. The van der Waals surface area contributed by atoms with Crippen LogP contribution in [-0.2, 0) is 0 Å². The van der Waals surface area contributed by atoms with Gasteiger partial charge in [0.05, 0.1) is 31.4 Å². The summed E-state index contributed by atoms with van der Waals surface area (Å²) in [5.74, 6) is 0.454. The number of hydrogen-bond acceptors (Lipinski definition) is 3. The summed E-state index contributed by atoms with van der Waals surface area (Å²) in [5.41, 5.74) is -0.170. The van der Waals surface area contributed by atoms with Gasteiger partial charge in [0.25, 0.3) is 5.91 Å². The Morgan fingerprint density at radius 1 is 1.53 bits per heavy atom. The van der Waals surface area contributed by atoms with Gasteiger partial charge in [-0.15, -0.1) is 0 Å². The van der Waals surface area contributed by atoms with Gasteiger partial charge in [-0.3, -0.25) is 4.79 Å². The average molecular weight is 328 g/mol. The predicted molar refractivity (Wildman–Crippen MR) is 76.5 cm³/mol. The summed E-state index contributed by atoms with van der Waals surface area (Å²) in [5, 5.41) is 10.1. The number of hydrogen-bond donors (Lipinski definition) is 1. The lowest BCUT2D eigenvalue weighted by Gasteiger charge is -2.46. The molecular weight excluding hydrogens is 310 g/mol. The number of β-amino-alcohol motifs (C(OH)–C–C–N with tert-alkyl or cyclic N) is 1. The van der Waals surface area contributed by atoms with Crippen molar-refractivity contribution < 1.29 is 14.6 Å². The van der Waals surface area contributed by atoms with E-state index in [1.165, 1.54) is 0 Å². The van der Waals surface area contributed by atoms with Gasteiger partial charge in [0.2, 0.25) is 0 Å². The van der Waals surface area contributed by atoms with Crippen LogP contribution in [-0.4, -0.2) is 41.7 Å². The van der Waals surface area contributed by atoms with E-state index in [1.807, 2.05) is 13.0 Å². The Morgan fingerprint density at radius 2 is 2.21 bits per heavy atom. The minimum absolute atomic E-state index is 0.0925. The second kappa shape index (κ2) is 5.51. The molecule has 2 rings (SSSR count). The maximum Gasteiger partial charge on any atom is 0.257 e. The van der Waals surface area contributed by atoms with Crippen LogP contribution in [0.3, 0.4) is 0 Å². The lowest BCUT2D eigenvalue weighted by Crippen LogP contribution is -2.63. The minimum atomic E-state index is -0.701. The smallest absolute Gasteiger partial charge is 0.257 e. The largest absolute Gasteiger partial charge is 0.496 e. The number of amides is 1. The number of aliphatic hydroxyl groups is 1. The number of halogens is 1. The van der Waals surface area contributed by atoms with E-state index >= 15 is 0 Å². The minimum Gasteiger partial charge on any atom is -0.496 e. The summed E-state index contributed by atoms with van der Waals surface area (Å²) in [6.45, 7) is 2.83. The Morgan fingerprint density at radius 3 is 2.79 bits per heavy atom. The number of ether oxygens (including phenoxy) is 1.